The van der Waals surface area contributed by atoms with Gasteiger partial charge in [0.2, 0.25) is 0 Å². The zero-order valence-corrected chi connectivity index (χ0v) is 10.2. The number of nitrogens with zero attached hydrogens (tertiary/aromatic N) is 1. The lowest BCUT2D eigenvalue weighted by atomic mass is 10.2. The smallest absolute Gasteiger partial charge is 0.251 e. The number of aromatic hydroxyl groups is 1. The van der Waals surface area contributed by atoms with Crippen molar-refractivity contribution in [2.24, 2.45) is 0 Å². The van der Waals surface area contributed by atoms with Crippen LogP contribution in [0.5, 0.6) is 5.75 Å². The summed E-state index contributed by atoms with van der Waals surface area (Å²) in [5, 5.41) is 18.9. The van der Waals surface area contributed by atoms with Crippen LogP contribution in [0.25, 0.3) is 0 Å². The first-order chi connectivity index (χ1) is 8.66. The Morgan fingerprint density at radius 2 is 2.33 bits per heavy atom. The number of hydrogen-bond donors (Lipinski definition) is 3. The van der Waals surface area contributed by atoms with Crippen LogP contribution in [-0.2, 0) is 6.42 Å². The maximum Gasteiger partial charge on any atom is 0.251 e. The molecule has 1 aromatic carbocycles. The lowest BCUT2D eigenvalue weighted by molar-refractivity contribution is 0.0954. The van der Waals surface area contributed by atoms with E-state index in [1.165, 1.54) is 12.1 Å². The summed E-state index contributed by atoms with van der Waals surface area (Å²) in [6.45, 7) is 0.502. The number of aromatic amines is 1. The maximum atomic E-state index is 11.7. The number of phenolic OH excluding ortho intramolecular Hbond substituents is 1. The average molecular weight is 266 g/mol. The Balaban J connectivity index is 1.89. The lowest BCUT2D eigenvalue weighted by Crippen LogP contribution is -2.25. The number of H-pyrrole nitrogens is 1. The molecule has 5 nitrogen and oxygen atoms in total. The van der Waals surface area contributed by atoms with E-state index in [-0.39, 0.29) is 16.7 Å². The van der Waals surface area contributed by atoms with Crippen molar-refractivity contribution < 1.29 is 9.90 Å². The average Bonchev–Trinajstić information content (AvgIpc) is 2.85. The van der Waals surface area contributed by atoms with E-state index in [1.807, 2.05) is 0 Å². The second kappa shape index (κ2) is 5.55. The number of amides is 1. The molecule has 1 aromatic heterocycles. The Hall–Kier alpha value is -2.01. The fraction of sp³-hybridized carbons (Fsp3) is 0.167. The summed E-state index contributed by atoms with van der Waals surface area (Å²) in [5.74, 6) is -0.343. The molecule has 0 aliphatic carbocycles. The third kappa shape index (κ3) is 3.01. The van der Waals surface area contributed by atoms with Crippen LogP contribution in [-0.4, -0.2) is 27.8 Å². The van der Waals surface area contributed by atoms with Crippen LogP contribution in [0.4, 0.5) is 0 Å². The van der Waals surface area contributed by atoms with Gasteiger partial charge in [0.05, 0.1) is 11.2 Å². The van der Waals surface area contributed by atoms with E-state index in [4.69, 9.17) is 11.6 Å². The first-order valence-electron chi connectivity index (χ1n) is 5.41. The molecule has 0 saturated heterocycles. The second-order valence-electron chi connectivity index (χ2n) is 3.78. The number of phenols is 1. The SMILES string of the molecule is O=C(NCCc1cn[nH]c1)c1ccc(Cl)c(O)c1. The van der Waals surface area contributed by atoms with Gasteiger partial charge in [0, 0.05) is 18.3 Å². The molecule has 0 spiro atoms. The molecule has 6 heteroatoms. The van der Waals surface area contributed by atoms with Gasteiger partial charge < -0.3 is 10.4 Å². The van der Waals surface area contributed by atoms with Crippen LogP contribution >= 0.6 is 11.6 Å². The van der Waals surface area contributed by atoms with Gasteiger partial charge in [0.15, 0.2) is 0 Å². The highest BCUT2D eigenvalue weighted by molar-refractivity contribution is 6.32. The van der Waals surface area contributed by atoms with Crippen LogP contribution in [0, 0.1) is 0 Å². The van der Waals surface area contributed by atoms with E-state index in [9.17, 15) is 9.90 Å². The molecule has 1 heterocycles. The van der Waals surface area contributed by atoms with Gasteiger partial charge in [-0.05, 0) is 30.2 Å². The van der Waals surface area contributed by atoms with Crippen LogP contribution < -0.4 is 5.32 Å². The van der Waals surface area contributed by atoms with Crippen molar-refractivity contribution in [1.82, 2.24) is 15.5 Å². The maximum absolute atomic E-state index is 11.7. The number of rotatable bonds is 4. The molecule has 0 aliphatic rings. The summed E-state index contributed by atoms with van der Waals surface area (Å²) in [6, 6.07) is 4.40. The molecule has 2 aromatic rings. The molecule has 0 fully saturated rings. The topological polar surface area (TPSA) is 78.0 Å². The van der Waals surface area contributed by atoms with Crippen molar-refractivity contribution in [3.05, 3.63) is 46.7 Å². The summed E-state index contributed by atoms with van der Waals surface area (Å²) in [4.78, 5) is 11.7. The fourth-order valence-electron chi connectivity index (χ4n) is 1.49. The molecule has 0 atom stereocenters. The summed E-state index contributed by atoms with van der Waals surface area (Å²) in [5.41, 5.74) is 1.40. The highest BCUT2D eigenvalue weighted by atomic mass is 35.5. The molecular weight excluding hydrogens is 254 g/mol. The summed E-state index contributed by atoms with van der Waals surface area (Å²) >= 11 is 5.67. The molecule has 0 aliphatic heterocycles. The largest absolute Gasteiger partial charge is 0.506 e. The normalized spacial score (nSPS) is 10.3. The zero-order valence-electron chi connectivity index (χ0n) is 9.48. The molecule has 94 valence electrons. The van der Waals surface area contributed by atoms with E-state index >= 15 is 0 Å². The quantitative estimate of drug-likeness (QED) is 0.788. The molecule has 1 amide bonds. The second-order valence-corrected chi connectivity index (χ2v) is 4.19. The van der Waals surface area contributed by atoms with Crippen molar-refractivity contribution >= 4 is 17.5 Å². The molecule has 0 unspecified atom stereocenters. The van der Waals surface area contributed by atoms with Crippen LogP contribution in [0.1, 0.15) is 15.9 Å². The summed E-state index contributed by atoms with van der Waals surface area (Å²) in [6.07, 6.45) is 4.18. The predicted molar refractivity (Wildman–Crippen MR) is 67.7 cm³/mol. The van der Waals surface area contributed by atoms with Gasteiger partial charge in [-0.15, -0.1) is 0 Å². The third-order valence-corrected chi connectivity index (χ3v) is 2.78. The lowest BCUT2D eigenvalue weighted by Gasteiger charge is -2.05. The van der Waals surface area contributed by atoms with Crippen molar-refractivity contribution in [3.8, 4) is 5.75 Å². The van der Waals surface area contributed by atoms with Gasteiger partial charge >= 0.3 is 0 Å². The highest BCUT2D eigenvalue weighted by Crippen LogP contribution is 2.23. The minimum absolute atomic E-state index is 0.0980. The Bertz CT molecular complexity index is 540. The van der Waals surface area contributed by atoms with E-state index in [1.54, 1.807) is 18.5 Å². The number of hydrogen-bond acceptors (Lipinski definition) is 3. The first kappa shape index (κ1) is 12.4. The monoisotopic (exact) mass is 265 g/mol. The molecular formula is C12H12ClN3O2. The molecule has 18 heavy (non-hydrogen) atoms. The van der Waals surface area contributed by atoms with Gasteiger partial charge in [0.1, 0.15) is 5.75 Å². The Labute approximate surface area is 109 Å². The Morgan fingerprint density at radius 3 is 3.00 bits per heavy atom. The van der Waals surface area contributed by atoms with E-state index < -0.39 is 0 Å². The van der Waals surface area contributed by atoms with Crippen molar-refractivity contribution in [2.75, 3.05) is 6.54 Å². The molecule has 2 rings (SSSR count). The molecule has 0 radical (unpaired) electrons. The summed E-state index contributed by atoms with van der Waals surface area (Å²) in [7, 11) is 0. The van der Waals surface area contributed by atoms with E-state index in [0.717, 1.165) is 5.56 Å². The van der Waals surface area contributed by atoms with Gasteiger partial charge in [-0.2, -0.15) is 5.10 Å². The van der Waals surface area contributed by atoms with Crippen LogP contribution in [0.2, 0.25) is 5.02 Å². The standard InChI is InChI=1S/C12H12ClN3O2/c13-10-2-1-9(5-11(10)17)12(18)14-4-3-8-6-15-16-7-8/h1-2,5-7,17H,3-4H2,(H,14,18)(H,15,16). The van der Waals surface area contributed by atoms with Crippen LogP contribution in [0.15, 0.2) is 30.6 Å². The zero-order chi connectivity index (χ0) is 13.0. The van der Waals surface area contributed by atoms with Crippen molar-refractivity contribution in [1.29, 1.82) is 0 Å². The summed E-state index contributed by atoms with van der Waals surface area (Å²) < 4.78 is 0. The number of nitrogens with one attached hydrogen (secondary N) is 2. The minimum Gasteiger partial charge on any atom is -0.506 e. The van der Waals surface area contributed by atoms with Crippen LogP contribution in [0.3, 0.4) is 0 Å². The number of carbonyl (C=O) groups is 1. The molecule has 0 bridgehead atoms. The fourth-order valence-corrected chi connectivity index (χ4v) is 1.61. The molecule has 3 N–H and O–H groups in total. The third-order valence-electron chi connectivity index (χ3n) is 2.46. The number of benzene rings is 1. The Kier molecular flexibility index (Phi) is 3.84. The van der Waals surface area contributed by atoms with Gasteiger partial charge in [-0.1, -0.05) is 11.6 Å². The number of carbonyl (C=O) groups excluding carboxylic acids is 1. The predicted octanol–water partition coefficient (Wildman–Crippen LogP) is 1.74. The highest BCUT2D eigenvalue weighted by Gasteiger charge is 2.07. The first-order valence-corrected chi connectivity index (χ1v) is 5.79. The Morgan fingerprint density at radius 1 is 1.50 bits per heavy atom. The van der Waals surface area contributed by atoms with Gasteiger partial charge in [-0.25, -0.2) is 0 Å². The minimum atomic E-state index is -0.245. The van der Waals surface area contributed by atoms with Gasteiger partial charge in [0.25, 0.3) is 5.91 Å². The van der Waals surface area contributed by atoms with Gasteiger partial charge in [-0.3, -0.25) is 9.89 Å². The number of halogens is 1. The van der Waals surface area contributed by atoms with E-state index in [2.05, 4.69) is 15.5 Å². The van der Waals surface area contributed by atoms with Crippen molar-refractivity contribution in [2.45, 2.75) is 6.42 Å². The number of aromatic nitrogens is 2. The van der Waals surface area contributed by atoms with E-state index in [0.29, 0.717) is 18.5 Å². The van der Waals surface area contributed by atoms with Crippen molar-refractivity contribution in [3.63, 3.8) is 0 Å². The molecule has 0 saturated carbocycles.